The van der Waals surface area contributed by atoms with Crippen LogP contribution in [0, 0.1) is 6.57 Å². The molecule has 0 aliphatic heterocycles. The van der Waals surface area contributed by atoms with Crippen molar-refractivity contribution in [3.63, 3.8) is 0 Å². The standard InChI is InChI=1S/C6H5N3O/c1-7-5-3-4-6(10-2)9-8-5/h3-4H,2H3. The Morgan fingerprint density at radius 2 is 2.30 bits per heavy atom. The minimum atomic E-state index is 0.279. The smallest absolute Gasteiger partial charge is 0.296 e. The van der Waals surface area contributed by atoms with Crippen LogP contribution in [0.3, 0.4) is 0 Å². The van der Waals surface area contributed by atoms with E-state index < -0.39 is 0 Å². The maximum Gasteiger partial charge on any atom is 0.296 e. The highest BCUT2D eigenvalue weighted by molar-refractivity contribution is 5.34. The maximum atomic E-state index is 6.55. The van der Waals surface area contributed by atoms with E-state index in [1.54, 1.807) is 12.1 Å². The first-order valence-electron chi connectivity index (χ1n) is 2.62. The third-order valence-electron chi connectivity index (χ3n) is 0.950. The molecule has 0 unspecified atom stereocenters. The lowest BCUT2D eigenvalue weighted by Gasteiger charge is -1.91. The molecule has 0 spiro atoms. The number of aromatic nitrogens is 2. The molecule has 10 heavy (non-hydrogen) atoms. The van der Waals surface area contributed by atoms with E-state index in [2.05, 4.69) is 15.0 Å². The molecule has 0 saturated heterocycles. The normalized spacial score (nSPS) is 8.40. The molecule has 0 aliphatic rings. The van der Waals surface area contributed by atoms with Crippen LogP contribution in [0.4, 0.5) is 5.82 Å². The quantitative estimate of drug-likeness (QED) is 0.540. The summed E-state index contributed by atoms with van der Waals surface area (Å²) in [6.07, 6.45) is 0. The second-order valence-electron chi connectivity index (χ2n) is 1.55. The third kappa shape index (κ3) is 1.20. The fourth-order valence-corrected chi connectivity index (χ4v) is 0.481. The first kappa shape index (κ1) is 6.49. The van der Waals surface area contributed by atoms with Gasteiger partial charge in [0.25, 0.3) is 11.7 Å². The molecule has 1 aromatic rings. The largest absolute Gasteiger partial charge is 0.479 e. The molecule has 0 radical (unpaired) electrons. The van der Waals surface area contributed by atoms with E-state index in [0.29, 0.717) is 5.88 Å². The summed E-state index contributed by atoms with van der Waals surface area (Å²) in [6.45, 7) is 6.55. The number of methoxy groups -OCH3 is 1. The predicted octanol–water partition coefficient (Wildman–Crippen LogP) is 1.04. The number of nitrogens with zero attached hydrogens (tertiary/aromatic N) is 3. The number of hydrogen-bond donors (Lipinski definition) is 0. The lowest BCUT2D eigenvalue weighted by atomic mass is 10.5. The number of rotatable bonds is 1. The summed E-state index contributed by atoms with van der Waals surface area (Å²) >= 11 is 0. The fraction of sp³-hybridized carbons (Fsp3) is 0.167. The fourth-order valence-electron chi connectivity index (χ4n) is 0.481. The van der Waals surface area contributed by atoms with Crippen molar-refractivity contribution in [1.82, 2.24) is 10.2 Å². The van der Waals surface area contributed by atoms with Crippen molar-refractivity contribution in [1.29, 1.82) is 0 Å². The van der Waals surface area contributed by atoms with E-state index in [0.717, 1.165) is 0 Å². The van der Waals surface area contributed by atoms with Crippen molar-refractivity contribution in [2.45, 2.75) is 0 Å². The van der Waals surface area contributed by atoms with Gasteiger partial charge in [-0.3, -0.25) is 0 Å². The molecule has 4 heteroatoms. The molecule has 1 aromatic heterocycles. The highest BCUT2D eigenvalue weighted by Crippen LogP contribution is 2.08. The number of ether oxygens (including phenoxy) is 1. The van der Waals surface area contributed by atoms with Crippen molar-refractivity contribution < 1.29 is 4.74 Å². The summed E-state index contributed by atoms with van der Waals surface area (Å²) in [7, 11) is 1.50. The Morgan fingerprint density at radius 3 is 2.70 bits per heavy atom. The van der Waals surface area contributed by atoms with Gasteiger partial charge in [0.1, 0.15) is 0 Å². The molecular formula is C6H5N3O. The Bertz CT molecular complexity index is 249. The van der Waals surface area contributed by atoms with Gasteiger partial charge in [-0.05, 0) is 17.2 Å². The zero-order valence-electron chi connectivity index (χ0n) is 5.40. The minimum absolute atomic E-state index is 0.279. The van der Waals surface area contributed by atoms with Gasteiger partial charge in [0.15, 0.2) is 0 Å². The predicted molar refractivity (Wildman–Crippen MR) is 34.8 cm³/mol. The van der Waals surface area contributed by atoms with Crippen LogP contribution < -0.4 is 4.74 Å². The first-order valence-corrected chi connectivity index (χ1v) is 2.62. The zero-order chi connectivity index (χ0) is 7.40. The van der Waals surface area contributed by atoms with Gasteiger partial charge in [-0.15, -0.1) is 0 Å². The van der Waals surface area contributed by atoms with Gasteiger partial charge in [0.2, 0.25) is 0 Å². The Hall–Kier alpha value is -1.63. The van der Waals surface area contributed by atoms with Crippen LogP contribution in [0.15, 0.2) is 12.1 Å². The van der Waals surface area contributed by atoms with E-state index in [1.165, 1.54) is 7.11 Å². The molecule has 4 nitrogen and oxygen atoms in total. The van der Waals surface area contributed by atoms with Crippen LogP contribution in [0.5, 0.6) is 5.88 Å². The highest BCUT2D eigenvalue weighted by atomic mass is 16.5. The summed E-state index contributed by atoms with van der Waals surface area (Å²) in [4.78, 5) is 3.07. The molecule has 1 rings (SSSR count). The van der Waals surface area contributed by atoms with Gasteiger partial charge in [0.05, 0.1) is 7.11 Å². The van der Waals surface area contributed by atoms with Gasteiger partial charge >= 0.3 is 0 Å². The molecule has 0 N–H and O–H groups in total. The maximum absolute atomic E-state index is 6.55. The van der Waals surface area contributed by atoms with E-state index in [-0.39, 0.29) is 5.82 Å². The van der Waals surface area contributed by atoms with Gasteiger partial charge in [-0.25, -0.2) is 0 Å². The molecule has 50 valence electrons. The van der Waals surface area contributed by atoms with Crippen molar-refractivity contribution >= 4 is 5.82 Å². The van der Waals surface area contributed by atoms with E-state index in [9.17, 15) is 0 Å². The molecule has 0 saturated carbocycles. The van der Waals surface area contributed by atoms with E-state index in [1.807, 2.05) is 0 Å². The highest BCUT2D eigenvalue weighted by Gasteiger charge is 1.95. The molecule has 0 aromatic carbocycles. The monoisotopic (exact) mass is 135 g/mol. The summed E-state index contributed by atoms with van der Waals surface area (Å²) in [6, 6.07) is 3.15. The second-order valence-corrected chi connectivity index (χ2v) is 1.55. The Morgan fingerprint density at radius 1 is 1.50 bits per heavy atom. The minimum Gasteiger partial charge on any atom is -0.479 e. The van der Waals surface area contributed by atoms with E-state index in [4.69, 9.17) is 11.3 Å². The van der Waals surface area contributed by atoms with Crippen LogP contribution in [0.25, 0.3) is 4.85 Å². The average Bonchev–Trinajstić information content (AvgIpc) is 2.05. The van der Waals surface area contributed by atoms with Crippen molar-refractivity contribution in [3.8, 4) is 5.88 Å². The van der Waals surface area contributed by atoms with Gasteiger partial charge in [-0.1, -0.05) is 6.57 Å². The SMILES string of the molecule is [C-]#[N+]c1ccc(OC)nn1. The Balaban J connectivity index is 2.93. The van der Waals surface area contributed by atoms with E-state index >= 15 is 0 Å². The average molecular weight is 135 g/mol. The van der Waals surface area contributed by atoms with Crippen LogP contribution in [-0.2, 0) is 0 Å². The molecule has 0 amide bonds. The van der Waals surface area contributed by atoms with Crippen molar-refractivity contribution in [3.05, 3.63) is 23.5 Å². The van der Waals surface area contributed by atoms with Crippen molar-refractivity contribution in [2.75, 3.05) is 7.11 Å². The lowest BCUT2D eigenvalue weighted by Crippen LogP contribution is -1.87. The van der Waals surface area contributed by atoms with Gasteiger partial charge < -0.3 is 9.58 Å². The second kappa shape index (κ2) is 2.78. The molecule has 0 aliphatic carbocycles. The molecular weight excluding hydrogens is 130 g/mol. The topological polar surface area (TPSA) is 39.4 Å². The van der Waals surface area contributed by atoms with Crippen LogP contribution in [0.2, 0.25) is 0 Å². The zero-order valence-corrected chi connectivity index (χ0v) is 5.40. The molecule has 0 bridgehead atoms. The first-order chi connectivity index (χ1) is 4.86. The summed E-state index contributed by atoms with van der Waals surface area (Å²) in [5.41, 5.74) is 0. The molecule has 1 heterocycles. The Kier molecular flexibility index (Phi) is 1.80. The van der Waals surface area contributed by atoms with Crippen LogP contribution >= 0.6 is 0 Å². The molecule has 0 fully saturated rings. The van der Waals surface area contributed by atoms with Gasteiger partial charge in [0, 0.05) is 5.10 Å². The summed E-state index contributed by atoms with van der Waals surface area (Å²) in [5.74, 6) is 0.702. The summed E-state index contributed by atoms with van der Waals surface area (Å²) in [5, 5.41) is 7.12. The Labute approximate surface area is 58.3 Å². The third-order valence-corrected chi connectivity index (χ3v) is 0.950. The lowest BCUT2D eigenvalue weighted by molar-refractivity contribution is 0.392. The van der Waals surface area contributed by atoms with Crippen LogP contribution in [0.1, 0.15) is 0 Å². The molecule has 0 atom stereocenters. The van der Waals surface area contributed by atoms with Crippen molar-refractivity contribution in [2.24, 2.45) is 0 Å². The van der Waals surface area contributed by atoms with Crippen LogP contribution in [-0.4, -0.2) is 17.3 Å². The van der Waals surface area contributed by atoms with Gasteiger partial charge in [-0.2, -0.15) is 0 Å². The number of hydrogen-bond acceptors (Lipinski definition) is 3. The summed E-state index contributed by atoms with van der Waals surface area (Å²) < 4.78 is 4.74.